The maximum absolute atomic E-state index is 11.7. The molecule has 0 saturated heterocycles. The lowest BCUT2D eigenvalue weighted by Crippen LogP contribution is -2.04. The van der Waals surface area contributed by atoms with E-state index in [1.165, 1.54) is 13.2 Å². The highest BCUT2D eigenvalue weighted by Gasteiger charge is 2.22. The van der Waals surface area contributed by atoms with Gasteiger partial charge in [-0.15, -0.1) is 0 Å². The van der Waals surface area contributed by atoms with Crippen LogP contribution < -0.4 is 4.74 Å². The summed E-state index contributed by atoms with van der Waals surface area (Å²) in [6.07, 6.45) is 2.78. The standard InChI is InChI=1S/C17H18O5/c1-4-11(5-2)16(17(19)20)13-7-6-12-9-21-15(8-14(12)13)22-10(3)18/h6-9H,4-5H2,1-3H3,(H,19,20). The minimum atomic E-state index is -0.957. The number of ether oxygens (including phenoxy) is 1. The van der Waals surface area contributed by atoms with E-state index in [0.29, 0.717) is 29.5 Å². The van der Waals surface area contributed by atoms with Crippen molar-refractivity contribution >= 4 is 17.5 Å². The number of carboxylic acid groups (broad SMARTS) is 1. The van der Waals surface area contributed by atoms with Gasteiger partial charge in [0.05, 0.1) is 5.57 Å². The van der Waals surface area contributed by atoms with Crippen molar-refractivity contribution in [3.8, 4) is 17.1 Å². The Morgan fingerprint density at radius 1 is 1.23 bits per heavy atom. The monoisotopic (exact) mass is 302 g/mol. The van der Waals surface area contributed by atoms with Crippen LogP contribution in [-0.2, 0) is 9.59 Å². The fourth-order valence-corrected chi connectivity index (χ4v) is 2.52. The number of hydrogen-bond acceptors (Lipinski definition) is 4. The molecule has 0 aromatic heterocycles. The van der Waals surface area contributed by atoms with Gasteiger partial charge in [0.25, 0.3) is 5.95 Å². The summed E-state index contributed by atoms with van der Waals surface area (Å²) in [4.78, 5) is 22.7. The highest BCUT2D eigenvalue weighted by molar-refractivity contribution is 6.18. The first-order valence-electron chi connectivity index (χ1n) is 7.13. The zero-order valence-corrected chi connectivity index (χ0v) is 12.8. The Bertz CT molecular complexity index is 702. The third-order valence-corrected chi connectivity index (χ3v) is 3.53. The predicted molar refractivity (Wildman–Crippen MR) is 81.8 cm³/mol. The van der Waals surface area contributed by atoms with Crippen molar-refractivity contribution in [3.63, 3.8) is 0 Å². The van der Waals surface area contributed by atoms with Crippen molar-refractivity contribution in [2.45, 2.75) is 33.6 Å². The molecule has 0 spiro atoms. The first-order chi connectivity index (χ1) is 10.5. The van der Waals surface area contributed by atoms with Crippen LogP contribution in [0.4, 0.5) is 0 Å². The van der Waals surface area contributed by atoms with Crippen LogP contribution in [0.5, 0.6) is 5.95 Å². The molecule has 1 aliphatic heterocycles. The molecule has 1 N–H and O–H groups in total. The summed E-state index contributed by atoms with van der Waals surface area (Å²) in [7, 11) is 0. The van der Waals surface area contributed by atoms with E-state index < -0.39 is 11.9 Å². The number of carbonyl (C=O) groups excluding carboxylic acids is 1. The Kier molecular flexibility index (Phi) is 4.65. The molecule has 0 bridgehead atoms. The van der Waals surface area contributed by atoms with Gasteiger partial charge < -0.3 is 14.3 Å². The molecule has 2 rings (SSSR count). The third-order valence-electron chi connectivity index (χ3n) is 3.53. The Labute approximate surface area is 128 Å². The van der Waals surface area contributed by atoms with E-state index in [9.17, 15) is 14.7 Å². The lowest BCUT2D eigenvalue weighted by atomic mass is 9.95. The molecule has 1 heterocycles. The molecule has 0 saturated carbocycles. The van der Waals surface area contributed by atoms with Crippen LogP contribution in [-0.4, -0.2) is 17.0 Å². The normalized spacial score (nSPS) is 10.5. The van der Waals surface area contributed by atoms with Crippen LogP contribution in [0.25, 0.3) is 16.7 Å². The average molecular weight is 302 g/mol. The number of rotatable bonds is 5. The van der Waals surface area contributed by atoms with Gasteiger partial charge in [-0.1, -0.05) is 31.6 Å². The van der Waals surface area contributed by atoms with Gasteiger partial charge in [-0.2, -0.15) is 0 Å². The van der Waals surface area contributed by atoms with Gasteiger partial charge in [-0.3, -0.25) is 4.79 Å². The van der Waals surface area contributed by atoms with Crippen LogP contribution in [0.3, 0.4) is 0 Å². The Hall–Kier alpha value is -2.56. The van der Waals surface area contributed by atoms with E-state index in [4.69, 9.17) is 9.15 Å². The number of hydrogen-bond donors (Lipinski definition) is 1. The van der Waals surface area contributed by atoms with Gasteiger partial charge in [-0.05, 0) is 24.0 Å². The number of esters is 1. The van der Waals surface area contributed by atoms with E-state index >= 15 is 0 Å². The van der Waals surface area contributed by atoms with Crippen molar-refractivity contribution in [1.82, 2.24) is 0 Å². The molecule has 0 aromatic rings. The zero-order valence-electron chi connectivity index (χ0n) is 12.8. The molecule has 0 fully saturated rings. The fourth-order valence-electron chi connectivity index (χ4n) is 2.52. The fraction of sp³-hybridized carbons (Fsp3) is 0.294. The summed E-state index contributed by atoms with van der Waals surface area (Å²) < 4.78 is 10.1. The molecule has 2 aliphatic rings. The summed E-state index contributed by atoms with van der Waals surface area (Å²) in [6.45, 7) is 5.15. The maximum Gasteiger partial charge on any atom is 0.336 e. The van der Waals surface area contributed by atoms with Crippen molar-refractivity contribution in [2.75, 3.05) is 0 Å². The van der Waals surface area contributed by atoms with Gasteiger partial charge in [0.2, 0.25) is 0 Å². The van der Waals surface area contributed by atoms with Crippen molar-refractivity contribution in [1.29, 1.82) is 0 Å². The second kappa shape index (κ2) is 6.47. The minimum Gasteiger partial charge on any atom is -0.478 e. The van der Waals surface area contributed by atoms with Crippen LogP contribution in [0.2, 0.25) is 0 Å². The summed E-state index contributed by atoms with van der Waals surface area (Å²) >= 11 is 0. The molecule has 116 valence electrons. The van der Waals surface area contributed by atoms with Gasteiger partial charge >= 0.3 is 11.9 Å². The number of allylic oxidation sites excluding steroid dienone is 1. The Morgan fingerprint density at radius 2 is 1.91 bits per heavy atom. The lowest BCUT2D eigenvalue weighted by Gasteiger charge is -2.11. The second-order valence-corrected chi connectivity index (χ2v) is 4.90. The number of carbonyl (C=O) groups is 2. The molecule has 0 amide bonds. The highest BCUT2D eigenvalue weighted by atomic mass is 16.6. The molecule has 5 nitrogen and oxygen atoms in total. The van der Waals surface area contributed by atoms with Crippen LogP contribution in [0.15, 0.2) is 34.5 Å². The minimum absolute atomic E-state index is 0.0479. The Morgan fingerprint density at radius 3 is 2.45 bits per heavy atom. The van der Waals surface area contributed by atoms with E-state index in [1.807, 2.05) is 13.8 Å². The van der Waals surface area contributed by atoms with E-state index in [-0.39, 0.29) is 5.95 Å². The molecule has 1 aliphatic carbocycles. The quantitative estimate of drug-likeness (QED) is 0.668. The van der Waals surface area contributed by atoms with Crippen LogP contribution >= 0.6 is 0 Å². The average Bonchev–Trinajstić information content (AvgIpc) is 2.86. The highest BCUT2D eigenvalue weighted by Crippen LogP contribution is 2.37. The van der Waals surface area contributed by atoms with Crippen LogP contribution in [0.1, 0.15) is 39.2 Å². The zero-order chi connectivity index (χ0) is 16.3. The topological polar surface area (TPSA) is 76.7 Å². The molecule has 22 heavy (non-hydrogen) atoms. The van der Waals surface area contributed by atoms with Crippen LogP contribution in [0, 0.1) is 0 Å². The Balaban J connectivity index is 2.62. The molecular weight excluding hydrogens is 284 g/mol. The first kappa shape index (κ1) is 15.8. The van der Waals surface area contributed by atoms with Crippen molar-refractivity contribution < 1.29 is 23.8 Å². The SMILES string of the molecule is CCC(CC)=C(C(=O)O)c1ccc2coc(OC(C)=O)cc1-2. The number of fused-ring (bicyclic) bond motifs is 1. The summed E-state index contributed by atoms with van der Waals surface area (Å²) in [5, 5.41) is 9.59. The molecule has 0 aromatic carbocycles. The van der Waals surface area contributed by atoms with Gasteiger partial charge in [-0.25, -0.2) is 4.79 Å². The van der Waals surface area contributed by atoms with Gasteiger partial charge in [0, 0.05) is 18.6 Å². The first-order valence-corrected chi connectivity index (χ1v) is 7.13. The second-order valence-electron chi connectivity index (χ2n) is 4.90. The van der Waals surface area contributed by atoms with E-state index in [2.05, 4.69) is 0 Å². The van der Waals surface area contributed by atoms with Gasteiger partial charge in [0.1, 0.15) is 6.26 Å². The number of aliphatic carboxylic acids is 1. The summed E-state index contributed by atoms with van der Waals surface area (Å²) in [5.41, 5.74) is 3.25. The molecule has 0 radical (unpaired) electrons. The predicted octanol–water partition coefficient (Wildman–Crippen LogP) is 3.97. The lowest BCUT2D eigenvalue weighted by molar-refractivity contribution is -0.133. The molecule has 0 unspecified atom stereocenters. The molecule has 0 atom stereocenters. The maximum atomic E-state index is 11.7. The van der Waals surface area contributed by atoms with Crippen molar-refractivity contribution in [2.24, 2.45) is 0 Å². The number of carboxylic acids is 1. The smallest absolute Gasteiger partial charge is 0.336 e. The van der Waals surface area contributed by atoms with Gasteiger partial charge in [0.15, 0.2) is 0 Å². The van der Waals surface area contributed by atoms with Crippen molar-refractivity contribution in [3.05, 3.63) is 35.6 Å². The molecule has 5 heteroatoms. The summed E-state index contributed by atoms with van der Waals surface area (Å²) in [5.74, 6) is -1.40. The van der Waals surface area contributed by atoms with E-state index in [0.717, 1.165) is 11.1 Å². The summed E-state index contributed by atoms with van der Waals surface area (Å²) in [6, 6.07) is 5.10. The molecular formula is C17H18O5. The third kappa shape index (κ3) is 3.03. The van der Waals surface area contributed by atoms with E-state index in [1.54, 1.807) is 18.2 Å². The largest absolute Gasteiger partial charge is 0.478 e.